The number of aryl methyl sites for hydroxylation is 3. The molecule has 0 atom stereocenters. The molecule has 0 bridgehead atoms. The minimum Gasteiger partial charge on any atom is -0.424 e. The summed E-state index contributed by atoms with van der Waals surface area (Å²) in [5, 5.41) is 1.13. The zero-order valence-corrected chi connectivity index (χ0v) is 19.3. The molecule has 0 radical (unpaired) electrons. The van der Waals surface area contributed by atoms with Crippen LogP contribution in [0.25, 0.3) is 26.8 Å². The largest absolute Gasteiger partial charge is 0.424 e. The van der Waals surface area contributed by atoms with Crippen molar-refractivity contribution in [3.63, 3.8) is 0 Å². The minimum atomic E-state index is -0.525. The second-order valence-corrected chi connectivity index (χ2v) is 9.18. The van der Waals surface area contributed by atoms with Gasteiger partial charge in [-0.3, -0.25) is 4.79 Å². The lowest BCUT2D eigenvalue weighted by atomic mass is 10.1. The van der Waals surface area contributed by atoms with Crippen LogP contribution in [0.2, 0.25) is 5.02 Å². The van der Waals surface area contributed by atoms with E-state index < -0.39 is 17.2 Å². The van der Waals surface area contributed by atoms with Crippen molar-refractivity contribution in [1.29, 1.82) is 0 Å². The molecule has 0 aliphatic heterocycles. The Morgan fingerprint density at radius 3 is 2.36 bits per heavy atom. The predicted octanol–water partition coefficient (Wildman–Crippen LogP) is 6.64. The van der Waals surface area contributed by atoms with Gasteiger partial charge < -0.3 is 4.74 Å². The van der Waals surface area contributed by atoms with E-state index in [4.69, 9.17) is 21.3 Å². The lowest BCUT2D eigenvalue weighted by Gasteiger charge is -2.16. The van der Waals surface area contributed by atoms with Crippen LogP contribution >= 0.6 is 22.9 Å². The SMILES string of the molecule is Cc1sc2nc(C)c3c(=O)n(-c4ccc(F)cc4)c(Oc4ccc(F)cc4Cl)nc3c2c1C. The molecule has 9 heteroatoms. The van der Waals surface area contributed by atoms with E-state index in [0.29, 0.717) is 22.3 Å². The first kappa shape index (κ1) is 21.5. The van der Waals surface area contributed by atoms with Crippen LogP contribution in [-0.4, -0.2) is 14.5 Å². The molecule has 0 aliphatic carbocycles. The molecule has 0 saturated heterocycles. The van der Waals surface area contributed by atoms with Gasteiger partial charge in [0.15, 0.2) is 0 Å². The monoisotopic (exact) mass is 483 g/mol. The average Bonchev–Trinajstić information content (AvgIpc) is 3.04. The van der Waals surface area contributed by atoms with Crippen LogP contribution in [-0.2, 0) is 0 Å². The van der Waals surface area contributed by atoms with E-state index in [1.54, 1.807) is 6.92 Å². The van der Waals surface area contributed by atoms with Gasteiger partial charge in [-0.25, -0.2) is 18.3 Å². The Bertz CT molecular complexity index is 1630. The van der Waals surface area contributed by atoms with Crippen molar-refractivity contribution in [2.45, 2.75) is 20.8 Å². The molecule has 5 aromatic rings. The van der Waals surface area contributed by atoms with Crippen LogP contribution < -0.4 is 10.3 Å². The molecule has 0 saturated carbocycles. The fraction of sp³-hybridized carbons (Fsp3) is 0.125. The van der Waals surface area contributed by atoms with Crippen molar-refractivity contribution in [2.75, 3.05) is 0 Å². The predicted molar refractivity (Wildman–Crippen MR) is 126 cm³/mol. The van der Waals surface area contributed by atoms with E-state index in [0.717, 1.165) is 26.7 Å². The van der Waals surface area contributed by atoms with Gasteiger partial charge in [0.05, 0.1) is 27.3 Å². The van der Waals surface area contributed by atoms with Crippen LogP contribution in [0.5, 0.6) is 11.8 Å². The van der Waals surface area contributed by atoms with E-state index in [1.165, 1.54) is 52.3 Å². The summed E-state index contributed by atoms with van der Waals surface area (Å²) < 4.78 is 34.3. The second kappa shape index (κ2) is 7.90. The topological polar surface area (TPSA) is 57.0 Å². The van der Waals surface area contributed by atoms with Crippen molar-refractivity contribution in [2.24, 2.45) is 0 Å². The van der Waals surface area contributed by atoms with Crippen molar-refractivity contribution in [3.05, 3.63) is 85.6 Å². The zero-order chi connectivity index (χ0) is 23.4. The van der Waals surface area contributed by atoms with Crippen molar-refractivity contribution >= 4 is 44.1 Å². The Labute approximate surface area is 195 Å². The van der Waals surface area contributed by atoms with Crippen LogP contribution in [0.15, 0.2) is 47.3 Å². The quantitative estimate of drug-likeness (QED) is 0.288. The molecule has 33 heavy (non-hydrogen) atoms. The molecule has 0 amide bonds. The number of rotatable bonds is 3. The number of hydrogen-bond donors (Lipinski definition) is 0. The number of pyridine rings is 1. The lowest BCUT2D eigenvalue weighted by molar-refractivity contribution is 0.426. The maximum absolute atomic E-state index is 13.8. The van der Waals surface area contributed by atoms with Gasteiger partial charge in [0, 0.05) is 10.3 Å². The van der Waals surface area contributed by atoms with E-state index in [2.05, 4.69) is 4.98 Å². The Hall–Kier alpha value is -3.36. The number of hydrogen-bond acceptors (Lipinski definition) is 5. The molecule has 5 rings (SSSR count). The summed E-state index contributed by atoms with van der Waals surface area (Å²) in [5.41, 5.74) is 1.89. The third kappa shape index (κ3) is 3.55. The molecular formula is C24H16ClF2N3O2S. The molecule has 0 unspecified atom stereocenters. The third-order valence-corrected chi connectivity index (χ3v) is 6.86. The summed E-state index contributed by atoms with van der Waals surface area (Å²) in [6.07, 6.45) is 0. The molecule has 0 fully saturated rings. The van der Waals surface area contributed by atoms with Crippen molar-refractivity contribution < 1.29 is 13.5 Å². The van der Waals surface area contributed by atoms with Crippen LogP contribution in [0.1, 0.15) is 16.1 Å². The number of nitrogens with zero attached hydrogens (tertiary/aromatic N) is 3. The van der Waals surface area contributed by atoms with E-state index in [1.807, 2.05) is 13.8 Å². The smallest absolute Gasteiger partial charge is 0.310 e. The third-order valence-electron chi connectivity index (χ3n) is 5.47. The summed E-state index contributed by atoms with van der Waals surface area (Å²) in [7, 11) is 0. The van der Waals surface area contributed by atoms with Gasteiger partial charge in [0.25, 0.3) is 5.56 Å². The number of aromatic nitrogens is 3. The number of benzene rings is 2. The Morgan fingerprint density at radius 1 is 0.970 bits per heavy atom. The Balaban J connectivity index is 1.89. The van der Waals surface area contributed by atoms with Gasteiger partial charge in [-0.1, -0.05) is 11.6 Å². The minimum absolute atomic E-state index is 0.0219. The maximum atomic E-state index is 13.8. The van der Waals surface area contributed by atoms with Crippen molar-refractivity contribution in [3.8, 4) is 17.4 Å². The van der Waals surface area contributed by atoms with Gasteiger partial charge >= 0.3 is 6.01 Å². The summed E-state index contributed by atoms with van der Waals surface area (Å²) in [5.74, 6) is -0.850. The zero-order valence-electron chi connectivity index (χ0n) is 17.7. The average molecular weight is 484 g/mol. The molecule has 5 nitrogen and oxygen atoms in total. The first-order chi connectivity index (χ1) is 15.7. The second-order valence-electron chi connectivity index (χ2n) is 7.57. The highest BCUT2D eigenvalue weighted by Crippen LogP contribution is 2.36. The number of thiophene rings is 1. The Morgan fingerprint density at radius 2 is 1.67 bits per heavy atom. The summed E-state index contributed by atoms with van der Waals surface area (Å²) in [4.78, 5) is 25.0. The highest BCUT2D eigenvalue weighted by molar-refractivity contribution is 7.18. The molecule has 2 aromatic carbocycles. The summed E-state index contributed by atoms with van der Waals surface area (Å²) in [6.45, 7) is 5.69. The molecule has 3 aromatic heterocycles. The molecule has 0 aliphatic rings. The summed E-state index contributed by atoms with van der Waals surface area (Å²) >= 11 is 7.69. The fourth-order valence-electron chi connectivity index (χ4n) is 3.73. The molecule has 3 heterocycles. The fourth-order valence-corrected chi connectivity index (χ4v) is 5.01. The van der Waals surface area contributed by atoms with E-state index in [-0.39, 0.29) is 16.8 Å². The van der Waals surface area contributed by atoms with Crippen LogP contribution in [0, 0.1) is 32.4 Å². The maximum Gasteiger partial charge on any atom is 0.310 e. The highest BCUT2D eigenvalue weighted by Gasteiger charge is 2.22. The number of halogens is 3. The molecule has 0 spiro atoms. The first-order valence-corrected chi connectivity index (χ1v) is 11.2. The highest BCUT2D eigenvalue weighted by atomic mass is 35.5. The first-order valence-electron chi connectivity index (χ1n) is 9.96. The molecular weight excluding hydrogens is 468 g/mol. The van der Waals surface area contributed by atoms with Crippen LogP contribution in [0.4, 0.5) is 8.78 Å². The standard InChI is InChI=1S/C24H16ClF2N3O2S/c1-11-13(3)33-22-19(11)21-20(12(2)28-22)23(31)30(16-7-4-14(26)5-8-16)24(29-21)32-18-9-6-15(27)10-17(18)25/h4-10H,1-3H3. The summed E-state index contributed by atoms with van der Waals surface area (Å²) in [6, 6.07) is 8.95. The van der Waals surface area contributed by atoms with Gasteiger partial charge in [-0.2, -0.15) is 4.98 Å². The lowest BCUT2D eigenvalue weighted by Crippen LogP contribution is -2.22. The molecule has 166 valence electrons. The van der Waals surface area contributed by atoms with Crippen molar-refractivity contribution in [1.82, 2.24) is 14.5 Å². The molecule has 0 N–H and O–H groups in total. The van der Waals surface area contributed by atoms with Gasteiger partial charge in [-0.05, 0) is 68.8 Å². The number of ether oxygens (including phenoxy) is 1. The van der Waals surface area contributed by atoms with Gasteiger partial charge in [0.1, 0.15) is 22.2 Å². The van der Waals surface area contributed by atoms with Gasteiger partial charge in [-0.15, -0.1) is 11.3 Å². The van der Waals surface area contributed by atoms with E-state index in [9.17, 15) is 13.6 Å². The van der Waals surface area contributed by atoms with Gasteiger partial charge in [0.2, 0.25) is 0 Å². The number of fused-ring (bicyclic) bond motifs is 3. The Kier molecular flexibility index (Phi) is 5.14. The van der Waals surface area contributed by atoms with Crippen LogP contribution in [0.3, 0.4) is 0 Å². The van der Waals surface area contributed by atoms with E-state index >= 15 is 0 Å². The normalized spacial score (nSPS) is 11.5.